The average molecular weight is 980 g/mol. The number of aromatic nitrogens is 13. The number of aryl methyl sites for hydroxylation is 4. The number of hydrogen-bond donors (Lipinski definition) is 5. The van der Waals surface area contributed by atoms with Crippen molar-refractivity contribution in [2.45, 2.75) is 37.5 Å². The van der Waals surface area contributed by atoms with E-state index in [0.717, 1.165) is 37.4 Å². The molecule has 0 radical (unpaired) electrons. The van der Waals surface area contributed by atoms with Gasteiger partial charge >= 0.3 is 6.01 Å². The molecule has 0 spiro atoms. The topological polar surface area (TPSA) is 379 Å². The van der Waals surface area contributed by atoms with Gasteiger partial charge in [0, 0.05) is 4.90 Å². The van der Waals surface area contributed by atoms with Crippen LogP contribution in [-0.4, -0.2) is 87.4 Å². The maximum absolute atomic E-state index is 11.7. The predicted molar refractivity (Wildman–Crippen MR) is 237 cm³/mol. The molecule has 0 saturated heterocycles. The van der Waals surface area contributed by atoms with Crippen LogP contribution in [0.4, 0.5) is 40.3 Å². The number of nitrogen functional groups attached to an aromatic ring is 2. The molecule has 2 aromatic carbocycles. The van der Waals surface area contributed by atoms with Crippen molar-refractivity contribution in [2.75, 3.05) is 11.5 Å². The molecule has 7 N–H and O–H groups in total. The molecule has 0 unspecified atom stereocenters. The van der Waals surface area contributed by atoms with Gasteiger partial charge in [0.05, 0.1) is 66.7 Å². The Morgan fingerprint density at radius 3 is 1.87 bits per heavy atom. The number of benzene rings is 2. The minimum Gasteiger partial charge on any atom is -0.479 e. The third-order valence-electron chi connectivity index (χ3n) is 9.38. The van der Waals surface area contributed by atoms with E-state index in [4.69, 9.17) is 23.3 Å². The van der Waals surface area contributed by atoms with Crippen molar-refractivity contribution in [2.24, 2.45) is 20.5 Å². The molecule has 0 aliphatic carbocycles. The van der Waals surface area contributed by atoms with E-state index in [-0.39, 0.29) is 79.2 Å². The van der Waals surface area contributed by atoms with Crippen molar-refractivity contribution in [3.05, 3.63) is 76.2 Å². The highest BCUT2D eigenvalue weighted by atomic mass is 32.2. The SMILES string of the molecule is [C-]#[N+]c1c(C)nn(-c2nc3ccc(S(=O)(=O)O)cc3s2)c1N=Nc1c(C)nn(-c2nc(O)nc(-n3nc(C)c(N=Nc4c(C#N)c(C)nn4-c4nc5ccc(SOOO)cc5s4)c3N)n2)c1N. The van der Waals surface area contributed by atoms with E-state index in [1.54, 1.807) is 45.9 Å². The second-order valence-corrected chi connectivity index (χ2v) is 17.9. The lowest BCUT2D eigenvalue weighted by atomic mass is 10.3. The third kappa shape index (κ3) is 8.02. The first-order valence-electron chi connectivity index (χ1n) is 18.5. The lowest BCUT2D eigenvalue weighted by Gasteiger charge is -2.06. The zero-order valence-electron chi connectivity index (χ0n) is 34.2. The summed E-state index contributed by atoms with van der Waals surface area (Å²) in [5.41, 5.74) is 15.4. The largest absolute Gasteiger partial charge is 0.479 e. The Morgan fingerprint density at radius 2 is 1.30 bits per heavy atom. The van der Waals surface area contributed by atoms with Crippen LogP contribution in [0, 0.1) is 45.6 Å². The van der Waals surface area contributed by atoms with Gasteiger partial charge in [-0.05, 0) is 64.1 Å². The molecule has 0 saturated carbocycles. The molecule has 67 heavy (non-hydrogen) atoms. The number of nitrogens with two attached hydrogens (primary N) is 2. The number of rotatable bonds is 12. The third-order valence-corrected chi connectivity index (χ3v) is 12.8. The average Bonchev–Trinajstić information content (AvgIpc) is 4.14. The van der Waals surface area contributed by atoms with Crippen LogP contribution in [0.1, 0.15) is 28.3 Å². The van der Waals surface area contributed by atoms with Gasteiger partial charge in [-0.15, -0.1) is 24.8 Å². The molecule has 32 heteroatoms. The highest BCUT2D eigenvalue weighted by Gasteiger charge is 2.25. The normalized spacial score (nSPS) is 12.1. The molecule has 0 bridgehead atoms. The van der Waals surface area contributed by atoms with Gasteiger partial charge in [-0.2, -0.15) is 67.8 Å². The summed E-state index contributed by atoms with van der Waals surface area (Å²) >= 11 is 3.06. The fourth-order valence-corrected chi connectivity index (χ4v) is 9.29. The first-order chi connectivity index (χ1) is 32.1. The van der Waals surface area contributed by atoms with E-state index >= 15 is 0 Å². The first kappa shape index (κ1) is 44.0. The Bertz CT molecular complexity index is 3760. The molecule has 7 aromatic heterocycles. The number of nitrogens with zero attached hydrogens (tertiary/aromatic N) is 19. The second-order valence-electron chi connectivity index (χ2n) is 13.6. The molecule has 28 nitrogen and oxygen atoms in total. The first-order valence-corrected chi connectivity index (χ1v) is 22.3. The fraction of sp³-hybridized carbons (Fsp3) is 0.114. The standard InChI is InChI=1S/C35H25N21O7S4/c1-13-19(12-36)29(55(49-13)34-40-20-8-6-17(66-63-62-58)10-22(20)64-34)47-45-24-14(2)50-53(27(24)37)31-42-32(44-33(57)43-31)54-28(38)25(15(3)51-54)46-48-30-26(39-5)16(4)52-56(30)35-41-21-9-7-18(67(59,60)61)11-23(21)65-35/h6-11,58H,37-38H2,1-4H3,(H,59,60,61)(H,42,43,44,57). The van der Waals surface area contributed by atoms with Gasteiger partial charge in [-0.25, -0.2) is 20.1 Å². The van der Waals surface area contributed by atoms with Gasteiger partial charge in [0.15, 0.2) is 34.6 Å². The Balaban J connectivity index is 1.03. The summed E-state index contributed by atoms with van der Waals surface area (Å²) < 4.78 is 43.4. The van der Waals surface area contributed by atoms with E-state index in [1.165, 1.54) is 38.9 Å². The monoisotopic (exact) mass is 979 g/mol. The van der Waals surface area contributed by atoms with Crippen molar-refractivity contribution >= 4 is 106 Å². The molecular weight excluding hydrogens is 955 g/mol. The minimum absolute atomic E-state index is 0.0263. The summed E-state index contributed by atoms with van der Waals surface area (Å²) in [6.07, 6.45) is 0. The molecule has 9 rings (SSSR count). The van der Waals surface area contributed by atoms with Crippen LogP contribution in [0.25, 0.3) is 47.4 Å². The number of fused-ring (bicyclic) bond motifs is 2. The fourth-order valence-electron chi connectivity index (χ4n) is 6.32. The maximum Gasteiger partial charge on any atom is 0.320 e. The number of aromatic hydroxyl groups is 1. The number of azo groups is 2. The van der Waals surface area contributed by atoms with Gasteiger partial charge in [0.2, 0.25) is 10.3 Å². The van der Waals surface area contributed by atoms with Gasteiger partial charge in [0.1, 0.15) is 11.6 Å². The van der Waals surface area contributed by atoms with E-state index in [9.17, 15) is 23.3 Å². The Morgan fingerprint density at radius 1 is 0.761 bits per heavy atom. The Kier molecular flexibility index (Phi) is 11.1. The summed E-state index contributed by atoms with van der Waals surface area (Å²) in [7, 11) is -4.48. The van der Waals surface area contributed by atoms with Crippen LogP contribution in [0.5, 0.6) is 6.01 Å². The minimum atomic E-state index is -4.48. The van der Waals surface area contributed by atoms with E-state index in [0.29, 0.717) is 37.1 Å². The summed E-state index contributed by atoms with van der Waals surface area (Å²) in [6, 6.07) is 10.4. The molecule has 0 aliphatic heterocycles. The lowest BCUT2D eigenvalue weighted by molar-refractivity contribution is -0.432. The van der Waals surface area contributed by atoms with E-state index in [1.807, 2.05) is 0 Å². The summed E-state index contributed by atoms with van der Waals surface area (Å²) in [5, 5.41) is 68.6. The maximum atomic E-state index is 11.7. The lowest BCUT2D eigenvalue weighted by Crippen LogP contribution is -2.13. The molecule has 336 valence electrons. The van der Waals surface area contributed by atoms with Gasteiger partial charge < -0.3 is 16.6 Å². The predicted octanol–water partition coefficient (Wildman–Crippen LogP) is 6.87. The quantitative estimate of drug-likeness (QED) is 0.0208. The van der Waals surface area contributed by atoms with Crippen LogP contribution in [0.2, 0.25) is 0 Å². The molecule has 0 aliphatic rings. The van der Waals surface area contributed by atoms with Gasteiger partial charge in [-0.3, -0.25) is 4.55 Å². The van der Waals surface area contributed by atoms with Crippen molar-refractivity contribution in [1.82, 2.24) is 64.0 Å². The zero-order valence-corrected chi connectivity index (χ0v) is 37.5. The molecule has 9 aromatic rings. The second kappa shape index (κ2) is 17.0. The molecular formula is C35H25N21O7S4. The van der Waals surface area contributed by atoms with Gasteiger partial charge in [-0.1, -0.05) is 27.7 Å². The van der Waals surface area contributed by atoms with Crippen molar-refractivity contribution in [1.29, 1.82) is 5.26 Å². The molecule has 7 heterocycles. The van der Waals surface area contributed by atoms with Crippen molar-refractivity contribution in [3.63, 3.8) is 0 Å². The van der Waals surface area contributed by atoms with Crippen LogP contribution in [0.15, 0.2) is 66.6 Å². The van der Waals surface area contributed by atoms with E-state index in [2.05, 4.69) is 86.1 Å². The van der Waals surface area contributed by atoms with Crippen LogP contribution >= 0.6 is 34.7 Å². The van der Waals surface area contributed by atoms with E-state index < -0.39 is 16.1 Å². The Labute approximate surface area is 385 Å². The molecule has 0 amide bonds. The number of thiazole rings is 2. The van der Waals surface area contributed by atoms with Crippen LogP contribution in [0.3, 0.4) is 0 Å². The number of anilines is 2. The van der Waals surface area contributed by atoms with Crippen molar-refractivity contribution in [3.8, 4) is 34.2 Å². The number of hydrogen-bond acceptors (Lipinski definition) is 25. The summed E-state index contributed by atoms with van der Waals surface area (Å²) in [5.74, 6) is -0.792. The highest BCUT2D eigenvalue weighted by molar-refractivity contribution is 7.94. The molecule has 0 atom stereocenters. The van der Waals surface area contributed by atoms with Crippen LogP contribution in [-0.2, 0) is 19.5 Å². The smallest absolute Gasteiger partial charge is 0.320 e. The number of nitriles is 1. The summed E-state index contributed by atoms with van der Waals surface area (Å²) in [6.45, 7) is 14.2. The van der Waals surface area contributed by atoms with Crippen molar-refractivity contribution < 1.29 is 32.7 Å². The highest BCUT2D eigenvalue weighted by Crippen LogP contribution is 2.40. The van der Waals surface area contributed by atoms with Crippen LogP contribution < -0.4 is 11.5 Å². The molecule has 0 fully saturated rings. The zero-order chi connectivity index (χ0) is 47.5. The van der Waals surface area contributed by atoms with Gasteiger partial charge in [0.25, 0.3) is 27.7 Å². The Hall–Kier alpha value is -8.21. The summed E-state index contributed by atoms with van der Waals surface area (Å²) in [4.78, 5) is 25.4.